The minimum atomic E-state index is -4.60. The first-order chi connectivity index (χ1) is 6.93. The monoisotopic (exact) mass is 221 g/mol. The Balaban J connectivity index is 2.72. The number of rotatable bonds is 3. The normalized spacial score (nSPS) is 13.7. The highest BCUT2D eigenvalue weighted by molar-refractivity contribution is 5.21. The van der Waals surface area contributed by atoms with Crippen LogP contribution in [0.2, 0.25) is 0 Å². The van der Waals surface area contributed by atoms with E-state index < -0.39 is 18.7 Å². The maximum Gasteiger partial charge on any atom is 0.414 e. The summed E-state index contributed by atoms with van der Waals surface area (Å²) in [4.78, 5) is 3.74. The average molecular weight is 221 g/mol. The van der Waals surface area contributed by atoms with Crippen molar-refractivity contribution in [2.24, 2.45) is 0 Å². The Morgan fingerprint density at radius 3 is 2.73 bits per heavy atom. The van der Waals surface area contributed by atoms with Crippen LogP contribution in [0, 0.1) is 0 Å². The lowest BCUT2D eigenvalue weighted by Crippen LogP contribution is -2.30. The van der Waals surface area contributed by atoms with Gasteiger partial charge in [-0.2, -0.15) is 13.2 Å². The zero-order valence-electron chi connectivity index (χ0n) is 7.95. The Morgan fingerprint density at radius 2 is 2.20 bits per heavy atom. The second-order valence-electron chi connectivity index (χ2n) is 2.97. The number of halogens is 3. The second kappa shape index (κ2) is 4.48. The number of hydrogen-bond donors (Lipinski definition) is 1. The van der Waals surface area contributed by atoms with Crippen molar-refractivity contribution >= 4 is 0 Å². The van der Waals surface area contributed by atoms with E-state index in [2.05, 4.69) is 4.98 Å². The maximum absolute atomic E-state index is 12.0. The molecule has 0 radical (unpaired) electrons. The molecule has 3 nitrogen and oxygen atoms in total. The number of alkyl halides is 3. The van der Waals surface area contributed by atoms with E-state index >= 15 is 0 Å². The van der Waals surface area contributed by atoms with Gasteiger partial charge < -0.3 is 9.84 Å². The SMILES string of the molecule is COc1cc(CC(O)C(F)(F)F)ccn1. The molecule has 0 fully saturated rings. The van der Waals surface area contributed by atoms with Gasteiger partial charge in [-0.05, 0) is 11.6 Å². The molecule has 0 saturated carbocycles. The maximum atomic E-state index is 12.0. The summed E-state index contributed by atoms with van der Waals surface area (Å²) in [7, 11) is 1.37. The lowest BCUT2D eigenvalue weighted by atomic mass is 10.1. The fourth-order valence-electron chi connectivity index (χ4n) is 1.03. The molecule has 0 saturated heterocycles. The lowest BCUT2D eigenvalue weighted by molar-refractivity contribution is -0.203. The van der Waals surface area contributed by atoms with Crippen LogP contribution < -0.4 is 4.74 Å². The number of ether oxygens (including phenoxy) is 1. The van der Waals surface area contributed by atoms with E-state index in [-0.39, 0.29) is 5.88 Å². The molecule has 1 rings (SSSR count). The highest BCUT2D eigenvalue weighted by Crippen LogP contribution is 2.23. The van der Waals surface area contributed by atoms with E-state index in [1.54, 1.807) is 0 Å². The Labute approximate surface area is 84.5 Å². The van der Waals surface area contributed by atoms with Crippen LogP contribution in [0.1, 0.15) is 5.56 Å². The Bertz CT molecular complexity index is 327. The number of hydrogen-bond acceptors (Lipinski definition) is 3. The van der Waals surface area contributed by atoms with Gasteiger partial charge in [0.1, 0.15) is 0 Å². The molecule has 0 spiro atoms. The summed E-state index contributed by atoms with van der Waals surface area (Å²) in [5.74, 6) is 0.224. The van der Waals surface area contributed by atoms with Crippen LogP contribution in [0.5, 0.6) is 5.88 Å². The third kappa shape index (κ3) is 3.39. The first kappa shape index (κ1) is 11.8. The quantitative estimate of drug-likeness (QED) is 0.842. The van der Waals surface area contributed by atoms with Gasteiger partial charge in [0.05, 0.1) is 7.11 Å². The molecule has 1 heterocycles. The second-order valence-corrected chi connectivity index (χ2v) is 2.97. The smallest absolute Gasteiger partial charge is 0.414 e. The number of pyridine rings is 1. The highest BCUT2D eigenvalue weighted by Gasteiger charge is 2.37. The van der Waals surface area contributed by atoms with E-state index in [1.165, 1.54) is 25.4 Å². The van der Waals surface area contributed by atoms with Crippen molar-refractivity contribution < 1.29 is 23.0 Å². The van der Waals surface area contributed by atoms with Crippen molar-refractivity contribution in [3.63, 3.8) is 0 Å². The minimum absolute atomic E-state index is 0.224. The van der Waals surface area contributed by atoms with Crippen LogP contribution in [-0.4, -0.2) is 29.5 Å². The van der Waals surface area contributed by atoms with Crippen LogP contribution in [-0.2, 0) is 6.42 Å². The molecule has 1 atom stereocenters. The molecule has 1 aromatic rings. The standard InChI is InChI=1S/C9H10F3NO2/c1-15-8-5-6(2-3-13-8)4-7(14)9(10,11)12/h2-3,5,7,14H,4H2,1H3. The topological polar surface area (TPSA) is 42.4 Å². The van der Waals surface area contributed by atoms with Crippen LogP contribution >= 0.6 is 0 Å². The van der Waals surface area contributed by atoms with Crippen molar-refractivity contribution in [1.82, 2.24) is 4.98 Å². The third-order valence-corrected chi connectivity index (χ3v) is 1.82. The number of nitrogens with zero attached hydrogens (tertiary/aromatic N) is 1. The van der Waals surface area contributed by atoms with Gasteiger partial charge in [0.25, 0.3) is 0 Å². The van der Waals surface area contributed by atoms with Crippen LogP contribution in [0.3, 0.4) is 0 Å². The molecule has 0 bridgehead atoms. The summed E-state index contributed by atoms with van der Waals surface area (Å²) in [6, 6.07) is 2.76. The van der Waals surface area contributed by atoms with Gasteiger partial charge in [0, 0.05) is 18.7 Å². The van der Waals surface area contributed by atoms with Crippen LogP contribution in [0.15, 0.2) is 18.3 Å². The summed E-state index contributed by atoms with van der Waals surface area (Å²) in [6.07, 6.45) is -6.12. The Morgan fingerprint density at radius 1 is 1.53 bits per heavy atom. The Hall–Kier alpha value is -1.30. The molecule has 1 N–H and O–H groups in total. The average Bonchev–Trinajstić information content (AvgIpc) is 2.16. The van der Waals surface area contributed by atoms with Gasteiger partial charge in [-0.15, -0.1) is 0 Å². The molecule has 0 aromatic carbocycles. The molecular formula is C9H10F3NO2. The van der Waals surface area contributed by atoms with Crippen molar-refractivity contribution in [1.29, 1.82) is 0 Å². The van der Waals surface area contributed by atoms with Gasteiger partial charge in [-0.1, -0.05) is 0 Å². The van der Waals surface area contributed by atoms with Gasteiger partial charge in [-0.3, -0.25) is 0 Å². The Kier molecular flexibility index (Phi) is 3.52. The summed E-state index contributed by atoms with van der Waals surface area (Å²) < 4.78 is 40.8. The molecule has 1 unspecified atom stereocenters. The highest BCUT2D eigenvalue weighted by atomic mass is 19.4. The molecule has 1 aromatic heterocycles. The van der Waals surface area contributed by atoms with Crippen LogP contribution in [0.4, 0.5) is 13.2 Å². The van der Waals surface area contributed by atoms with Crippen molar-refractivity contribution in [2.45, 2.75) is 18.7 Å². The van der Waals surface area contributed by atoms with E-state index in [4.69, 9.17) is 9.84 Å². The van der Waals surface area contributed by atoms with Crippen LogP contribution in [0.25, 0.3) is 0 Å². The predicted octanol–water partition coefficient (Wildman–Crippen LogP) is 1.56. The molecule has 0 aliphatic carbocycles. The predicted molar refractivity (Wildman–Crippen MR) is 46.6 cm³/mol. The molecular weight excluding hydrogens is 211 g/mol. The van der Waals surface area contributed by atoms with Crippen molar-refractivity contribution in [3.05, 3.63) is 23.9 Å². The largest absolute Gasteiger partial charge is 0.481 e. The number of aliphatic hydroxyl groups is 1. The fourth-order valence-corrected chi connectivity index (χ4v) is 1.03. The van der Waals surface area contributed by atoms with E-state index in [9.17, 15) is 13.2 Å². The lowest BCUT2D eigenvalue weighted by Gasteiger charge is -2.14. The molecule has 84 valence electrons. The minimum Gasteiger partial charge on any atom is -0.481 e. The van der Waals surface area contributed by atoms with Gasteiger partial charge in [0.15, 0.2) is 6.10 Å². The van der Waals surface area contributed by atoms with Crippen molar-refractivity contribution in [3.8, 4) is 5.88 Å². The summed E-state index contributed by atoms with van der Waals surface area (Å²) in [5.41, 5.74) is 0.326. The first-order valence-corrected chi connectivity index (χ1v) is 4.17. The number of aliphatic hydroxyl groups excluding tert-OH is 1. The van der Waals surface area contributed by atoms with Gasteiger partial charge >= 0.3 is 6.18 Å². The summed E-state index contributed by atoms with van der Waals surface area (Å²) in [5, 5.41) is 8.82. The molecule has 0 aliphatic rings. The summed E-state index contributed by atoms with van der Waals surface area (Å²) in [6.45, 7) is 0. The van der Waals surface area contributed by atoms with E-state index in [1.807, 2.05) is 0 Å². The molecule has 0 aliphatic heterocycles. The summed E-state index contributed by atoms with van der Waals surface area (Å²) >= 11 is 0. The number of aromatic nitrogens is 1. The van der Waals surface area contributed by atoms with E-state index in [0.29, 0.717) is 5.56 Å². The van der Waals surface area contributed by atoms with Gasteiger partial charge in [-0.25, -0.2) is 4.98 Å². The molecule has 15 heavy (non-hydrogen) atoms. The zero-order valence-corrected chi connectivity index (χ0v) is 7.95. The van der Waals surface area contributed by atoms with Gasteiger partial charge in [0.2, 0.25) is 5.88 Å². The third-order valence-electron chi connectivity index (χ3n) is 1.82. The fraction of sp³-hybridized carbons (Fsp3) is 0.444. The first-order valence-electron chi connectivity index (χ1n) is 4.17. The molecule has 6 heteroatoms. The number of methoxy groups -OCH3 is 1. The zero-order chi connectivity index (χ0) is 11.5. The molecule has 0 amide bonds. The van der Waals surface area contributed by atoms with E-state index in [0.717, 1.165) is 0 Å². The van der Waals surface area contributed by atoms with Crippen molar-refractivity contribution in [2.75, 3.05) is 7.11 Å².